The smallest absolute Gasteiger partial charge is 0.231 e. The van der Waals surface area contributed by atoms with Crippen molar-refractivity contribution in [1.82, 2.24) is 4.90 Å². The molecule has 2 saturated heterocycles. The molecule has 1 unspecified atom stereocenters. The second-order valence-electron chi connectivity index (χ2n) is 9.34. The van der Waals surface area contributed by atoms with Crippen molar-refractivity contribution in [2.75, 3.05) is 13.2 Å². The Balaban J connectivity index is 2.09. The summed E-state index contributed by atoms with van der Waals surface area (Å²) >= 11 is 0. The van der Waals surface area contributed by atoms with Gasteiger partial charge in [-0.05, 0) is 32.6 Å². The fraction of sp³-hybridized carbons (Fsp3) is 0.850. The van der Waals surface area contributed by atoms with Crippen molar-refractivity contribution in [3.05, 3.63) is 12.2 Å². The molecular formula is C20H33NO5. The molecule has 148 valence electrons. The summed E-state index contributed by atoms with van der Waals surface area (Å²) in [5.74, 6) is -1.11. The van der Waals surface area contributed by atoms with E-state index in [0.29, 0.717) is 0 Å². The highest BCUT2D eigenvalue weighted by atomic mass is 16.5. The van der Waals surface area contributed by atoms with Crippen LogP contribution in [0.3, 0.4) is 0 Å². The third-order valence-electron chi connectivity index (χ3n) is 6.56. The van der Waals surface area contributed by atoms with E-state index in [1.165, 1.54) is 0 Å². The fourth-order valence-corrected chi connectivity index (χ4v) is 5.13. The molecule has 6 nitrogen and oxygen atoms in total. The Hall–Kier alpha value is -0.950. The standard InChI is InChI=1S/C20H33NO5/c1-18(2,3)17-21-16(24)14(10-11-22)19(4,25)20(21,12-26-17)15(23)13-8-6-5-7-9-13/h6,8,13-15,17,22-23,25H,5,7,9-12H2,1-4H3/t13?,14-,15-,17-,19-,20+/m0/s1. The summed E-state index contributed by atoms with van der Waals surface area (Å²) in [5, 5.41) is 32.4. The van der Waals surface area contributed by atoms with Gasteiger partial charge in [0.05, 0.1) is 18.6 Å². The van der Waals surface area contributed by atoms with Gasteiger partial charge >= 0.3 is 0 Å². The maximum Gasteiger partial charge on any atom is 0.231 e. The van der Waals surface area contributed by atoms with E-state index < -0.39 is 29.4 Å². The second-order valence-corrected chi connectivity index (χ2v) is 9.34. The van der Waals surface area contributed by atoms with Crippen LogP contribution in [0, 0.1) is 17.3 Å². The topological polar surface area (TPSA) is 90.2 Å². The first-order valence-corrected chi connectivity index (χ1v) is 9.71. The molecule has 1 amide bonds. The number of carbonyl (C=O) groups excluding carboxylic acids is 1. The fourth-order valence-electron chi connectivity index (χ4n) is 5.13. The summed E-state index contributed by atoms with van der Waals surface area (Å²) in [5.41, 5.74) is -3.05. The third-order valence-corrected chi connectivity index (χ3v) is 6.56. The molecule has 0 spiro atoms. The van der Waals surface area contributed by atoms with Crippen LogP contribution >= 0.6 is 0 Å². The van der Waals surface area contributed by atoms with Crippen molar-refractivity contribution in [2.45, 2.75) is 76.9 Å². The largest absolute Gasteiger partial charge is 0.396 e. The van der Waals surface area contributed by atoms with E-state index in [4.69, 9.17) is 4.74 Å². The quantitative estimate of drug-likeness (QED) is 0.654. The number of nitrogens with zero attached hydrogens (tertiary/aromatic N) is 1. The van der Waals surface area contributed by atoms with Crippen molar-refractivity contribution < 1.29 is 24.9 Å². The van der Waals surface area contributed by atoms with Crippen molar-refractivity contribution in [3.63, 3.8) is 0 Å². The van der Waals surface area contributed by atoms with E-state index in [-0.39, 0.29) is 36.9 Å². The van der Waals surface area contributed by atoms with E-state index in [9.17, 15) is 20.1 Å². The minimum absolute atomic E-state index is 0.0983. The van der Waals surface area contributed by atoms with Crippen LogP contribution in [0.5, 0.6) is 0 Å². The van der Waals surface area contributed by atoms with E-state index >= 15 is 0 Å². The highest BCUT2D eigenvalue weighted by Crippen LogP contribution is 2.55. The van der Waals surface area contributed by atoms with E-state index in [2.05, 4.69) is 6.08 Å². The van der Waals surface area contributed by atoms with E-state index in [1.807, 2.05) is 26.8 Å². The van der Waals surface area contributed by atoms with Crippen LogP contribution in [0.2, 0.25) is 0 Å². The lowest BCUT2D eigenvalue weighted by Gasteiger charge is -2.47. The summed E-state index contributed by atoms with van der Waals surface area (Å²) in [6.07, 6.45) is 5.59. The molecule has 0 aromatic carbocycles. The molecule has 3 N–H and O–H groups in total. The van der Waals surface area contributed by atoms with Crippen molar-refractivity contribution in [1.29, 1.82) is 0 Å². The molecule has 3 aliphatic rings. The molecule has 0 saturated carbocycles. The SMILES string of the molecule is CC(C)(C)[C@@H]1OC[C@]2([C@@H](O)C3C=CCCC3)N1C(=O)[C@H](CCO)[C@]2(C)O. The molecular weight excluding hydrogens is 334 g/mol. The molecule has 26 heavy (non-hydrogen) atoms. The number of carbonyl (C=O) groups is 1. The zero-order valence-electron chi connectivity index (χ0n) is 16.3. The number of aliphatic hydroxyl groups is 3. The van der Waals surface area contributed by atoms with Gasteiger partial charge in [-0.15, -0.1) is 0 Å². The van der Waals surface area contributed by atoms with Gasteiger partial charge in [-0.25, -0.2) is 0 Å². The number of fused-ring (bicyclic) bond motifs is 1. The van der Waals surface area contributed by atoms with Crippen LogP contribution in [0.1, 0.15) is 53.4 Å². The maximum absolute atomic E-state index is 13.3. The highest BCUT2D eigenvalue weighted by molar-refractivity contribution is 5.85. The lowest BCUT2D eigenvalue weighted by Crippen LogP contribution is -2.67. The predicted octanol–water partition coefficient (Wildman–Crippen LogP) is 1.44. The van der Waals surface area contributed by atoms with Crippen LogP contribution in [0.4, 0.5) is 0 Å². The molecule has 6 atom stereocenters. The Morgan fingerprint density at radius 1 is 1.42 bits per heavy atom. The molecule has 6 heteroatoms. The number of hydrogen-bond donors (Lipinski definition) is 3. The summed E-state index contributed by atoms with van der Waals surface area (Å²) in [6, 6.07) is 0. The lowest BCUT2D eigenvalue weighted by atomic mass is 9.68. The molecule has 0 aromatic rings. The zero-order valence-corrected chi connectivity index (χ0v) is 16.3. The van der Waals surface area contributed by atoms with Gasteiger partial charge in [0, 0.05) is 17.9 Å². The second kappa shape index (κ2) is 6.59. The average Bonchev–Trinajstić information content (AvgIpc) is 3.07. The number of hydrogen-bond acceptors (Lipinski definition) is 5. The maximum atomic E-state index is 13.3. The van der Waals surface area contributed by atoms with Gasteiger partial charge in [0.25, 0.3) is 0 Å². The molecule has 0 bridgehead atoms. The number of rotatable bonds is 4. The molecule has 2 aliphatic heterocycles. The highest BCUT2D eigenvalue weighted by Gasteiger charge is 2.74. The Morgan fingerprint density at radius 3 is 2.65 bits per heavy atom. The normalized spacial score (nSPS) is 41.6. The minimum atomic E-state index is -1.49. The van der Waals surface area contributed by atoms with Crippen molar-refractivity contribution >= 4 is 5.91 Å². The van der Waals surface area contributed by atoms with Gasteiger partial charge < -0.3 is 25.0 Å². The van der Waals surface area contributed by atoms with Crippen molar-refractivity contribution in [3.8, 4) is 0 Å². The van der Waals surface area contributed by atoms with Crippen LogP contribution in [0.15, 0.2) is 12.2 Å². The first-order valence-electron chi connectivity index (χ1n) is 9.71. The van der Waals surface area contributed by atoms with Crippen LogP contribution in [0.25, 0.3) is 0 Å². The van der Waals surface area contributed by atoms with Gasteiger partial charge in [0.1, 0.15) is 17.4 Å². The molecule has 3 rings (SSSR count). The predicted molar refractivity (Wildman–Crippen MR) is 97.1 cm³/mol. The number of aliphatic hydroxyl groups excluding tert-OH is 2. The average molecular weight is 367 g/mol. The van der Waals surface area contributed by atoms with Crippen LogP contribution in [-0.4, -0.2) is 62.8 Å². The molecule has 0 aromatic heterocycles. The van der Waals surface area contributed by atoms with Crippen LogP contribution < -0.4 is 0 Å². The Bertz CT molecular complexity index is 581. The first-order chi connectivity index (χ1) is 12.1. The monoisotopic (exact) mass is 367 g/mol. The number of amides is 1. The van der Waals surface area contributed by atoms with Gasteiger partial charge in [-0.2, -0.15) is 0 Å². The summed E-state index contributed by atoms with van der Waals surface area (Å²) in [6.45, 7) is 7.50. The van der Waals surface area contributed by atoms with E-state index in [1.54, 1.807) is 11.8 Å². The number of allylic oxidation sites excluding steroid dienone is 1. The van der Waals surface area contributed by atoms with Crippen LogP contribution in [-0.2, 0) is 9.53 Å². The van der Waals surface area contributed by atoms with Crippen molar-refractivity contribution in [2.24, 2.45) is 17.3 Å². The number of ether oxygens (including phenoxy) is 1. The Labute approximate surface area is 155 Å². The molecule has 2 fully saturated rings. The van der Waals surface area contributed by atoms with Gasteiger partial charge in [-0.3, -0.25) is 4.79 Å². The summed E-state index contributed by atoms with van der Waals surface area (Å²) < 4.78 is 6.03. The van der Waals surface area contributed by atoms with Gasteiger partial charge in [0.2, 0.25) is 5.91 Å². The summed E-state index contributed by atoms with van der Waals surface area (Å²) in [7, 11) is 0. The lowest BCUT2D eigenvalue weighted by molar-refractivity contribution is -0.149. The minimum Gasteiger partial charge on any atom is -0.396 e. The zero-order chi connectivity index (χ0) is 19.3. The molecule has 1 aliphatic carbocycles. The third kappa shape index (κ3) is 2.65. The van der Waals surface area contributed by atoms with Gasteiger partial charge in [0.15, 0.2) is 0 Å². The van der Waals surface area contributed by atoms with Gasteiger partial charge in [-0.1, -0.05) is 32.9 Å². The Kier molecular flexibility index (Phi) is 5.02. The molecule has 0 radical (unpaired) electrons. The van der Waals surface area contributed by atoms with E-state index in [0.717, 1.165) is 19.3 Å². The molecule has 2 heterocycles. The summed E-state index contributed by atoms with van der Waals surface area (Å²) in [4.78, 5) is 14.9. The Morgan fingerprint density at radius 2 is 2.12 bits per heavy atom. The first kappa shape index (κ1) is 19.8.